The molecule has 1 fully saturated rings. The summed E-state index contributed by atoms with van der Waals surface area (Å²) in [6.07, 6.45) is 9.59. The van der Waals surface area contributed by atoms with Crippen LogP contribution in [0.2, 0.25) is 0 Å². The molecule has 1 rings (SSSR count). The van der Waals surface area contributed by atoms with E-state index >= 15 is 0 Å². The van der Waals surface area contributed by atoms with Gasteiger partial charge in [-0.15, -0.1) is 0 Å². The number of hydrogen-bond donors (Lipinski definition) is 1. The molecule has 1 nitrogen and oxygen atoms in total. The highest BCUT2D eigenvalue weighted by atomic mass is 15.0. The minimum absolute atomic E-state index is 0.518. The first-order valence-electron chi connectivity index (χ1n) is 6.00. The largest absolute Gasteiger partial charge is 0.309 e. The summed E-state index contributed by atoms with van der Waals surface area (Å²) in [7, 11) is 0. The molecule has 2 atom stereocenters. The molecule has 0 radical (unpaired) electrons. The maximum absolute atomic E-state index is 3.80. The molecule has 1 aliphatic rings. The molecule has 1 aliphatic heterocycles. The molecule has 0 saturated carbocycles. The summed E-state index contributed by atoms with van der Waals surface area (Å²) in [5.74, 6) is 0. The summed E-state index contributed by atoms with van der Waals surface area (Å²) in [6.45, 7) is 6.92. The predicted octanol–water partition coefficient (Wildman–Crippen LogP) is 3.49. The smallest absolute Gasteiger partial charge is 0.0184 e. The Hall–Kier alpha value is -0.0400. The average molecular weight is 183 g/mol. The topological polar surface area (TPSA) is 12.0 Å². The van der Waals surface area contributed by atoms with Gasteiger partial charge in [-0.1, -0.05) is 33.1 Å². The van der Waals surface area contributed by atoms with Crippen LogP contribution in [0.5, 0.6) is 0 Å². The van der Waals surface area contributed by atoms with Crippen molar-refractivity contribution in [3.05, 3.63) is 0 Å². The van der Waals surface area contributed by atoms with Crippen LogP contribution in [0.15, 0.2) is 0 Å². The fourth-order valence-electron chi connectivity index (χ4n) is 2.67. The van der Waals surface area contributed by atoms with Gasteiger partial charge in [-0.3, -0.25) is 0 Å². The third-order valence-corrected chi connectivity index (χ3v) is 3.35. The standard InChI is InChI=1S/C12H25N/c1-4-6-9-12(8-5-2)10-7-11(3)13-12/h11,13H,4-10H2,1-3H3. The zero-order valence-electron chi connectivity index (χ0n) is 9.53. The molecule has 0 aliphatic carbocycles. The van der Waals surface area contributed by atoms with Gasteiger partial charge in [0.15, 0.2) is 0 Å². The summed E-state index contributed by atoms with van der Waals surface area (Å²) in [6, 6.07) is 0.753. The van der Waals surface area contributed by atoms with Crippen molar-refractivity contribution in [2.75, 3.05) is 0 Å². The van der Waals surface area contributed by atoms with Crippen molar-refractivity contribution < 1.29 is 0 Å². The van der Waals surface area contributed by atoms with Crippen LogP contribution in [0.1, 0.15) is 65.7 Å². The first-order valence-corrected chi connectivity index (χ1v) is 6.00. The van der Waals surface area contributed by atoms with Crippen molar-refractivity contribution in [2.24, 2.45) is 0 Å². The number of unbranched alkanes of at least 4 members (excludes halogenated alkanes) is 1. The molecule has 2 unspecified atom stereocenters. The van der Waals surface area contributed by atoms with Crippen molar-refractivity contribution in [1.82, 2.24) is 5.32 Å². The second kappa shape index (κ2) is 4.99. The van der Waals surface area contributed by atoms with Crippen molar-refractivity contribution in [3.63, 3.8) is 0 Å². The molecule has 1 N–H and O–H groups in total. The Kier molecular flexibility index (Phi) is 4.24. The lowest BCUT2D eigenvalue weighted by molar-refractivity contribution is 0.300. The Labute approximate surface area is 83.3 Å². The molecule has 0 aromatic heterocycles. The van der Waals surface area contributed by atoms with Crippen LogP contribution in [-0.2, 0) is 0 Å². The average Bonchev–Trinajstić information content (AvgIpc) is 2.46. The highest BCUT2D eigenvalue weighted by molar-refractivity contribution is 4.95. The summed E-state index contributed by atoms with van der Waals surface area (Å²) in [5, 5.41) is 3.80. The minimum Gasteiger partial charge on any atom is -0.309 e. The van der Waals surface area contributed by atoms with Gasteiger partial charge in [0.2, 0.25) is 0 Å². The van der Waals surface area contributed by atoms with Gasteiger partial charge in [-0.25, -0.2) is 0 Å². The molecule has 0 aromatic carbocycles. The first-order chi connectivity index (χ1) is 6.22. The van der Waals surface area contributed by atoms with Crippen LogP contribution in [0, 0.1) is 0 Å². The zero-order valence-corrected chi connectivity index (χ0v) is 9.53. The molecule has 13 heavy (non-hydrogen) atoms. The van der Waals surface area contributed by atoms with Gasteiger partial charge in [0.25, 0.3) is 0 Å². The van der Waals surface area contributed by atoms with E-state index in [1.165, 1.54) is 44.9 Å². The first kappa shape index (κ1) is 11.0. The second-order valence-electron chi connectivity index (χ2n) is 4.72. The molecule has 78 valence electrons. The van der Waals surface area contributed by atoms with E-state index in [1.807, 2.05) is 0 Å². The molecule has 0 spiro atoms. The highest BCUT2D eigenvalue weighted by Gasteiger charge is 2.34. The minimum atomic E-state index is 0.518. The SMILES string of the molecule is CCCCC1(CCC)CCC(C)N1. The Morgan fingerprint density at radius 1 is 1.23 bits per heavy atom. The lowest BCUT2D eigenvalue weighted by atomic mass is 9.87. The third-order valence-electron chi connectivity index (χ3n) is 3.35. The van der Waals surface area contributed by atoms with Crippen LogP contribution in [-0.4, -0.2) is 11.6 Å². The normalized spacial score (nSPS) is 33.9. The number of hydrogen-bond acceptors (Lipinski definition) is 1. The van der Waals surface area contributed by atoms with Gasteiger partial charge >= 0.3 is 0 Å². The molecule has 1 saturated heterocycles. The lowest BCUT2D eigenvalue weighted by Crippen LogP contribution is -2.42. The molecule has 0 bridgehead atoms. The van der Waals surface area contributed by atoms with Crippen molar-refractivity contribution in [1.29, 1.82) is 0 Å². The molecule has 0 aromatic rings. The van der Waals surface area contributed by atoms with Gasteiger partial charge in [0.05, 0.1) is 0 Å². The van der Waals surface area contributed by atoms with E-state index in [0.29, 0.717) is 5.54 Å². The number of rotatable bonds is 5. The summed E-state index contributed by atoms with van der Waals surface area (Å²) in [5.41, 5.74) is 0.518. The Balaban J connectivity index is 2.44. The second-order valence-corrected chi connectivity index (χ2v) is 4.72. The van der Waals surface area contributed by atoms with Crippen molar-refractivity contribution in [3.8, 4) is 0 Å². The molecular formula is C12H25N. The van der Waals surface area contributed by atoms with E-state index in [-0.39, 0.29) is 0 Å². The molecule has 1 heteroatoms. The molecule has 1 heterocycles. The van der Waals surface area contributed by atoms with E-state index in [9.17, 15) is 0 Å². The van der Waals surface area contributed by atoms with Gasteiger partial charge in [0, 0.05) is 11.6 Å². The van der Waals surface area contributed by atoms with Gasteiger partial charge in [-0.05, 0) is 32.6 Å². The highest BCUT2D eigenvalue weighted by Crippen LogP contribution is 2.32. The van der Waals surface area contributed by atoms with E-state index < -0.39 is 0 Å². The van der Waals surface area contributed by atoms with E-state index in [1.54, 1.807) is 0 Å². The van der Waals surface area contributed by atoms with Crippen molar-refractivity contribution in [2.45, 2.75) is 77.3 Å². The lowest BCUT2D eigenvalue weighted by Gasteiger charge is -2.30. The van der Waals surface area contributed by atoms with Gasteiger partial charge in [-0.2, -0.15) is 0 Å². The monoisotopic (exact) mass is 183 g/mol. The fraction of sp³-hybridized carbons (Fsp3) is 1.00. The number of nitrogens with one attached hydrogen (secondary N) is 1. The van der Waals surface area contributed by atoms with Gasteiger partial charge < -0.3 is 5.32 Å². The van der Waals surface area contributed by atoms with E-state index in [0.717, 1.165) is 6.04 Å². The Bertz CT molecular complexity index is 140. The van der Waals surface area contributed by atoms with Crippen LogP contribution in [0.4, 0.5) is 0 Å². The molecular weight excluding hydrogens is 158 g/mol. The van der Waals surface area contributed by atoms with Crippen LogP contribution < -0.4 is 5.32 Å². The van der Waals surface area contributed by atoms with E-state index in [2.05, 4.69) is 26.1 Å². The van der Waals surface area contributed by atoms with E-state index in [4.69, 9.17) is 0 Å². The maximum atomic E-state index is 3.80. The maximum Gasteiger partial charge on any atom is 0.0184 e. The quantitative estimate of drug-likeness (QED) is 0.688. The Morgan fingerprint density at radius 3 is 2.46 bits per heavy atom. The predicted molar refractivity (Wildman–Crippen MR) is 59.0 cm³/mol. The summed E-state index contributed by atoms with van der Waals surface area (Å²) >= 11 is 0. The van der Waals surface area contributed by atoms with Crippen LogP contribution in [0.3, 0.4) is 0 Å². The zero-order chi connectivity index (χ0) is 9.73. The Morgan fingerprint density at radius 2 is 2.00 bits per heavy atom. The fourth-order valence-corrected chi connectivity index (χ4v) is 2.67. The third kappa shape index (κ3) is 2.98. The van der Waals surface area contributed by atoms with Gasteiger partial charge in [0.1, 0.15) is 0 Å². The van der Waals surface area contributed by atoms with Crippen LogP contribution in [0.25, 0.3) is 0 Å². The van der Waals surface area contributed by atoms with Crippen LogP contribution >= 0.6 is 0 Å². The summed E-state index contributed by atoms with van der Waals surface area (Å²) < 4.78 is 0. The molecule has 0 amide bonds. The summed E-state index contributed by atoms with van der Waals surface area (Å²) in [4.78, 5) is 0. The van der Waals surface area contributed by atoms with Crippen molar-refractivity contribution >= 4 is 0 Å².